The van der Waals surface area contributed by atoms with E-state index in [4.69, 9.17) is 9.73 Å². The van der Waals surface area contributed by atoms with E-state index in [1.54, 1.807) is 25.1 Å². The van der Waals surface area contributed by atoms with Gasteiger partial charge in [-0.2, -0.15) is 0 Å². The minimum Gasteiger partial charge on any atom is -0.478 e. The molecule has 33 heavy (non-hydrogen) atoms. The molecule has 0 aliphatic carbocycles. The molecule has 2 fully saturated rings. The number of ether oxygens (including phenoxy) is 1. The second-order valence-corrected chi connectivity index (χ2v) is 8.39. The predicted octanol–water partition coefficient (Wildman–Crippen LogP) is 3.36. The summed E-state index contributed by atoms with van der Waals surface area (Å²) >= 11 is 0. The van der Waals surface area contributed by atoms with Gasteiger partial charge in [-0.1, -0.05) is 6.07 Å². The minimum atomic E-state index is -0.957. The molecule has 2 saturated heterocycles. The maximum absolute atomic E-state index is 11.5. The van der Waals surface area contributed by atoms with Crippen LogP contribution in [0.3, 0.4) is 0 Å². The number of ketones is 1. The molecule has 8 heteroatoms. The number of aromatic carboxylic acids is 1. The van der Waals surface area contributed by atoms with E-state index in [1.807, 2.05) is 30.3 Å². The van der Waals surface area contributed by atoms with E-state index in [9.17, 15) is 14.7 Å². The third-order valence-corrected chi connectivity index (χ3v) is 6.05. The molecule has 0 bridgehead atoms. The maximum atomic E-state index is 11.5. The van der Waals surface area contributed by atoms with Crippen LogP contribution in [-0.4, -0.2) is 73.2 Å². The molecule has 2 N–H and O–H groups in total. The molecule has 2 aliphatic rings. The zero-order valence-electron chi connectivity index (χ0n) is 18.9. The number of benzene rings is 2. The van der Waals surface area contributed by atoms with Gasteiger partial charge in [0.1, 0.15) is 0 Å². The summed E-state index contributed by atoms with van der Waals surface area (Å²) in [6.07, 6.45) is 2.20. The second kappa shape index (κ2) is 10.5. The van der Waals surface area contributed by atoms with Crippen molar-refractivity contribution in [1.82, 2.24) is 4.90 Å². The molecule has 0 spiro atoms. The predicted molar refractivity (Wildman–Crippen MR) is 129 cm³/mol. The molecular formula is C25H30N4O4. The van der Waals surface area contributed by atoms with Crippen LogP contribution in [0.2, 0.25) is 0 Å². The minimum absolute atomic E-state index is 0.0662. The van der Waals surface area contributed by atoms with Crippen molar-refractivity contribution in [1.29, 1.82) is 0 Å². The molecule has 2 aromatic rings. The van der Waals surface area contributed by atoms with Crippen molar-refractivity contribution in [3.05, 3.63) is 59.7 Å². The van der Waals surface area contributed by atoms with Crippen LogP contribution in [0.4, 0.5) is 11.4 Å². The van der Waals surface area contributed by atoms with Crippen molar-refractivity contribution in [2.45, 2.75) is 25.9 Å². The first-order valence-electron chi connectivity index (χ1n) is 11.4. The summed E-state index contributed by atoms with van der Waals surface area (Å²) in [7, 11) is 0. The fourth-order valence-corrected chi connectivity index (χ4v) is 4.14. The van der Waals surface area contributed by atoms with Crippen molar-refractivity contribution < 1.29 is 19.4 Å². The first-order chi connectivity index (χ1) is 16.0. The standard InChI is InChI=1S/C25H30N4O4/c1-18(30)19-7-9-22(10-8-19)28-11-13-29(14-12-28)25(26-17-23-6-3-15-33-23)27-21-5-2-4-20(16-21)24(31)32/h2,4-5,7-10,16,23H,3,6,11-15,17H2,1H3,(H,26,27)(H,31,32). The molecule has 1 atom stereocenters. The fraction of sp³-hybridized carbons (Fsp3) is 0.400. The highest BCUT2D eigenvalue weighted by Crippen LogP contribution is 2.19. The number of carboxylic acid groups (broad SMARTS) is 1. The number of guanidine groups is 1. The van der Waals surface area contributed by atoms with Crippen LogP contribution in [-0.2, 0) is 4.74 Å². The average Bonchev–Trinajstić information content (AvgIpc) is 3.36. The van der Waals surface area contributed by atoms with Crippen LogP contribution < -0.4 is 10.2 Å². The molecule has 0 radical (unpaired) electrons. The smallest absolute Gasteiger partial charge is 0.335 e. The van der Waals surface area contributed by atoms with Gasteiger partial charge in [0.25, 0.3) is 0 Å². The van der Waals surface area contributed by atoms with Gasteiger partial charge < -0.3 is 25.0 Å². The lowest BCUT2D eigenvalue weighted by atomic mass is 10.1. The van der Waals surface area contributed by atoms with E-state index < -0.39 is 5.97 Å². The monoisotopic (exact) mass is 450 g/mol. The van der Waals surface area contributed by atoms with Gasteiger partial charge in [-0.3, -0.25) is 9.79 Å². The molecule has 0 saturated carbocycles. The molecule has 174 valence electrons. The highest BCUT2D eigenvalue weighted by atomic mass is 16.5. The number of anilines is 2. The Morgan fingerprint density at radius 3 is 2.48 bits per heavy atom. The zero-order valence-corrected chi connectivity index (χ0v) is 18.9. The number of piperazine rings is 1. The number of rotatable bonds is 6. The third kappa shape index (κ3) is 5.90. The number of nitrogens with zero attached hydrogens (tertiary/aromatic N) is 3. The van der Waals surface area contributed by atoms with Crippen LogP contribution in [0.1, 0.15) is 40.5 Å². The number of Topliss-reactive ketones (excluding diaryl/α,β-unsaturated/α-hetero) is 1. The Hall–Kier alpha value is -3.39. The van der Waals surface area contributed by atoms with Crippen molar-refractivity contribution >= 4 is 29.1 Å². The summed E-state index contributed by atoms with van der Waals surface area (Å²) in [5.41, 5.74) is 2.74. The lowest BCUT2D eigenvalue weighted by molar-refractivity contribution is 0.0696. The molecule has 1 unspecified atom stereocenters. The summed E-state index contributed by atoms with van der Waals surface area (Å²) in [5, 5.41) is 12.7. The van der Waals surface area contributed by atoms with Crippen LogP contribution >= 0.6 is 0 Å². The lowest BCUT2D eigenvalue weighted by Crippen LogP contribution is -2.51. The molecular weight excluding hydrogens is 420 g/mol. The quantitative estimate of drug-likeness (QED) is 0.396. The normalized spacial score (nSPS) is 18.9. The second-order valence-electron chi connectivity index (χ2n) is 8.39. The molecule has 0 amide bonds. The molecule has 8 nitrogen and oxygen atoms in total. The third-order valence-electron chi connectivity index (χ3n) is 6.05. The fourth-order valence-electron chi connectivity index (χ4n) is 4.14. The first kappa shape index (κ1) is 22.8. The number of carbonyl (C=O) groups is 2. The number of aliphatic imine (C=N–C) groups is 1. The molecule has 2 aliphatic heterocycles. The Morgan fingerprint density at radius 2 is 1.85 bits per heavy atom. The Morgan fingerprint density at radius 1 is 1.09 bits per heavy atom. The van der Waals surface area contributed by atoms with E-state index in [1.165, 1.54) is 0 Å². The summed E-state index contributed by atoms with van der Waals surface area (Å²) in [4.78, 5) is 32.2. The van der Waals surface area contributed by atoms with E-state index in [2.05, 4.69) is 15.1 Å². The molecule has 4 rings (SSSR count). The van der Waals surface area contributed by atoms with E-state index in [0.29, 0.717) is 17.8 Å². The van der Waals surface area contributed by atoms with Crippen molar-refractivity contribution in [2.24, 2.45) is 4.99 Å². The number of hydrogen-bond acceptors (Lipinski definition) is 5. The SMILES string of the molecule is CC(=O)c1ccc(N2CCN(C(=NCC3CCCO3)Nc3cccc(C(=O)O)c3)CC2)cc1. The van der Waals surface area contributed by atoms with Crippen molar-refractivity contribution in [3.8, 4) is 0 Å². The Kier molecular flexibility index (Phi) is 7.24. The van der Waals surface area contributed by atoms with Gasteiger partial charge in [0.05, 0.1) is 18.2 Å². The van der Waals surface area contributed by atoms with Gasteiger partial charge in [0.15, 0.2) is 11.7 Å². The highest BCUT2D eigenvalue weighted by molar-refractivity contribution is 5.96. The van der Waals surface area contributed by atoms with Crippen molar-refractivity contribution in [2.75, 3.05) is 49.5 Å². The van der Waals surface area contributed by atoms with Gasteiger partial charge >= 0.3 is 5.97 Å². The number of carbonyl (C=O) groups excluding carboxylic acids is 1. The summed E-state index contributed by atoms with van der Waals surface area (Å²) in [6.45, 7) is 6.10. The topological polar surface area (TPSA) is 94.5 Å². The van der Waals surface area contributed by atoms with Crippen LogP contribution in [0.25, 0.3) is 0 Å². The van der Waals surface area contributed by atoms with Crippen LogP contribution in [0.5, 0.6) is 0 Å². The lowest BCUT2D eigenvalue weighted by Gasteiger charge is -2.38. The molecule has 0 aromatic heterocycles. The van der Waals surface area contributed by atoms with E-state index >= 15 is 0 Å². The number of nitrogens with one attached hydrogen (secondary N) is 1. The van der Waals surface area contributed by atoms with Gasteiger partial charge in [0.2, 0.25) is 0 Å². The summed E-state index contributed by atoms with van der Waals surface area (Å²) < 4.78 is 5.73. The first-order valence-corrected chi connectivity index (χ1v) is 11.4. The highest BCUT2D eigenvalue weighted by Gasteiger charge is 2.22. The summed E-state index contributed by atoms with van der Waals surface area (Å²) in [6, 6.07) is 14.5. The van der Waals surface area contributed by atoms with Gasteiger partial charge in [-0.05, 0) is 62.2 Å². The number of carboxylic acids is 1. The largest absolute Gasteiger partial charge is 0.478 e. The number of hydrogen-bond donors (Lipinski definition) is 2. The zero-order chi connectivity index (χ0) is 23.2. The average molecular weight is 451 g/mol. The molecule has 2 aromatic carbocycles. The van der Waals surface area contributed by atoms with E-state index in [0.717, 1.165) is 57.3 Å². The van der Waals surface area contributed by atoms with Gasteiger partial charge in [-0.15, -0.1) is 0 Å². The molecule has 2 heterocycles. The Balaban J connectivity index is 1.45. The van der Waals surface area contributed by atoms with Crippen LogP contribution in [0, 0.1) is 0 Å². The maximum Gasteiger partial charge on any atom is 0.335 e. The van der Waals surface area contributed by atoms with Crippen LogP contribution in [0.15, 0.2) is 53.5 Å². The Bertz CT molecular complexity index is 1010. The van der Waals surface area contributed by atoms with E-state index in [-0.39, 0.29) is 17.5 Å². The summed E-state index contributed by atoms with van der Waals surface area (Å²) in [5.74, 6) is -0.156. The van der Waals surface area contributed by atoms with Crippen molar-refractivity contribution in [3.63, 3.8) is 0 Å². The van der Waals surface area contributed by atoms with Gasteiger partial charge in [-0.25, -0.2) is 4.79 Å². The van der Waals surface area contributed by atoms with Gasteiger partial charge in [0, 0.05) is 49.7 Å². The Labute approximate surface area is 193 Å².